The van der Waals surface area contributed by atoms with E-state index >= 15 is 0 Å². The van der Waals surface area contributed by atoms with Gasteiger partial charge in [0.05, 0.1) is 11.8 Å². The molecule has 0 saturated carbocycles. The van der Waals surface area contributed by atoms with Crippen molar-refractivity contribution in [2.24, 2.45) is 0 Å². The topological polar surface area (TPSA) is 38.0 Å². The van der Waals surface area contributed by atoms with Gasteiger partial charge in [-0.1, -0.05) is 12.1 Å². The Morgan fingerprint density at radius 1 is 1.47 bits per heavy atom. The third-order valence-electron chi connectivity index (χ3n) is 3.92. The minimum atomic E-state index is -0.959. The van der Waals surface area contributed by atoms with Gasteiger partial charge in [-0.3, -0.25) is 4.68 Å². The maximum atomic E-state index is 13.7. The quantitative estimate of drug-likeness (QED) is 0.920. The van der Waals surface area contributed by atoms with Gasteiger partial charge in [0.15, 0.2) is 0 Å². The number of rotatable bonds is 3. The molecule has 1 aliphatic carbocycles. The molecule has 0 aliphatic heterocycles. The fraction of sp³-hybridized carbons (Fsp3) is 0.400. The van der Waals surface area contributed by atoms with Crippen LogP contribution in [0.2, 0.25) is 0 Å². The van der Waals surface area contributed by atoms with Crippen LogP contribution >= 0.6 is 0 Å². The predicted molar refractivity (Wildman–Crippen MR) is 70.2 cm³/mol. The summed E-state index contributed by atoms with van der Waals surface area (Å²) in [5, 5.41) is 15.0. The standard InChI is InChI=1S/C15H17FN2O/c1-2-18-10-11(9-17-18)8-15(19)7-6-12-13(15)4-3-5-14(12)16/h3-5,9-10,19H,2,6-8H2,1H3. The first-order valence-corrected chi connectivity index (χ1v) is 6.64. The molecule has 3 rings (SSSR count). The minimum Gasteiger partial charge on any atom is -0.385 e. The number of fused-ring (bicyclic) bond motifs is 1. The average Bonchev–Trinajstić information content (AvgIpc) is 2.97. The number of aryl methyl sites for hydroxylation is 1. The summed E-state index contributed by atoms with van der Waals surface area (Å²) in [4.78, 5) is 0. The highest BCUT2D eigenvalue weighted by molar-refractivity contribution is 5.39. The minimum absolute atomic E-state index is 0.210. The summed E-state index contributed by atoms with van der Waals surface area (Å²) in [5.74, 6) is -0.210. The Morgan fingerprint density at radius 3 is 3.05 bits per heavy atom. The van der Waals surface area contributed by atoms with E-state index in [4.69, 9.17) is 0 Å². The van der Waals surface area contributed by atoms with E-state index in [0.717, 1.165) is 17.7 Å². The van der Waals surface area contributed by atoms with E-state index in [1.165, 1.54) is 6.07 Å². The Balaban J connectivity index is 1.92. The molecule has 1 aromatic heterocycles. The summed E-state index contributed by atoms with van der Waals surface area (Å²) in [6.07, 6.45) is 5.37. The zero-order valence-corrected chi connectivity index (χ0v) is 10.9. The first-order chi connectivity index (χ1) is 9.12. The maximum Gasteiger partial charge on any atom is 0.126 e. The SMILES string of the molecule is CCn1cc(CC2(O)CCc3c(F)cccc32)cn1. The van der Waals surface area contributed by atoms with E-state index in [1.807, 2.05) is 23.9 Å². The third kappa shape index (κ3) is 2.06. The molecule has 2 aromatic rings. The number of benzene rings is 1. The Kier molecular flexibility index (Phi) is 2.90. The van der Waals surface area contributed by atoms with Gasteiger partial charge in [-0.25, -0.2) is 4.39 Å². The Morgan fingerprint density at radius 2 is 2.32 bits per heavy atom. The molecular weight excluding hydrogens is 243 g/mol. The lowest BCUT2D eigenvalue weighted by Gasteiger charge is -2.23. The van der Waals surface area contributed by atoms with Crippen LogP contribution in [0.5, 0.6) is 0 Å². The maximum absolute atomic E-state index is 13.7. The molecule has 1 N–H and O–H groups in total. The zero-order valence-electron chi connectivity index (χ0n) is 10.9. The Labute approximate surface area is 111 Å². The van der Waals surface area contributed by atoms with E-state index in [9.17, 15) is 9.50 Å². The highest BCUT2D eigenvalue weighted by Gasteiger charge is 2.38. The van der Waals surface area contributed by atoms with Crippen LogP contribution < -0.4 is 0 Å². The monoisotopic (exact) mass is 260 g/mol. The van der Waals surface area contributed by atoms with Gasteiger partial charge in [0, 0.05) is 19.2 Å². The summed E-state index contributed by atoms with van der Waals surface area (Å²) >= 11 is 0. The van der Waals surface area contributed by atoms with E-state index in [0.29, 0.717) is 24.8 Å². The highest BCUT2D eigenvalue weighted by atomic mass is 19.1. The second-order valence-corrected chi connectivity index (χ2v) is 5.18. The smallest absolute Gasteiger partial charge is 0.126 e. The summed E-state index contributed by atoms with van der Waals surface area (Å²) < 4.78 is 15.5. The fourth-order valence-electron chi connectivity index (χ4n) is 2.91. The first-order valence-electron chi connectivity index (χ1n) is 6.64. The van der Waals surface area contributed by atoms with Crippen LogP contribution in [-0.4, -0.2) is 14.9 Å². The van der Waals surface area contributed by atoms with Crippen LogP contribution in [-0.2, 0) is 25.0 Å². The van der Waals surface area contributed by atoms with Crippen LogP contribution in [0.4, 0.5) is 4.39 Å². The second-order valence-electron chi connectivity index (χ2n) is 5.18. The van der Waals surface area contributed by atoms with Gasteiger partial charge in [0.2, 0.25) is 0 Å². The van der Waals surface area contributed by atoms with Crippen molar-refractivity contribution in [3.05, 3.63) is 53.1 Å². The molecule has 1 atom stereocenters. The number of aliphatic hydroxyl groups is 1. The molecule has 0 spiro atoms. The molecule has 0 bridgehead atoms. The van der Waals surface area contributed by atoms with Crippen LogP contribution in [0.25, 0.3) is 0 Å². The third-order valence-corrected chi connectivity index (χ3v) is 3.92. The highest BCUT2D eigenvalue weighted by Crippen LogP contribution is 2.40. The van der Waals surface area contributed by atoms with Crippen LogP contribution in [0.15, 0.2) is 30.6 Å². The molecular formula is C15H17FN2O. The molecule has 1 aromatic carbocycles. The normalized spacial score (nSPS) is 21.6. The molecule has 100 valence electrons. The van der Waals surface area contributed by atoms with E-state index in [2.05, 4.69) is 5.10 Å². The van der Waals surface area contributed by atoms with Crippen molar-refractivity contribution >= 4 is 0 Å². The van der Waals surface area contributed by atoms with Crippen molar-refractivity contribution in [3.8, 4) is 0 Å². The van der Waals surface area contributed by atoms with Gasteiger partial charge in [0.25, 0.3) is 0 Å². The average molecular weight is 260 g/mol. The van der Waals surface area contributed by atoms with Gasteiger partial charge in [-0.15, -0.1) is 0 Å². The van der Waals surface area contributed by atoms with Gasteiger partial charge in [0.1, 0.15) is 5.82 Å². The molecule has 0 saturated heterocycles. The number of hydrogen-bond donors (Lipinski definition) is 1. The van der Waals surface area contributed by atoms with Crippen molar-refractivity contribution in [2.75, 3.05) is 0 Å². The molecule has 1 heterocycles. The molecule has 19 heavy (non-hydrogen) atoms. The lowest BCUT2D eigenvalue weighted by molar-refractivity contribution is 0.0389. The Hall–Kier alpha value is -1.68. The first kappa shape index (κ1) is 12.4. The molecule has 0 radical (unpaired) electrons. The summed E-state index contributed by atoms with van der Waals surface area (Å²) in [7, 11) is 0. The van der Waals surface area contributed by atoms with Crippen molar-refractivity contribution < 1.29 is 9.50 Å². The van der Waals surface area contributed by atoms with Gasteiger partial charge in [-0.05, 0) is 42.5 Å². The molecule has 4 heteroatoms. The van der Waals surface area contributed by atoms with Crippen LogP contribution in [0.3, 0.4) is 0 Å². The van der Waals surface area contributed by atoms with E-state index in [-0.39, 0.29) is 5.82 Å². The van der Waals surface area contributed by atoms with Crippen LogP contribution in [0.1, 0.15) is 30.0 Å². The summed E-state index contributed by atoms with van der Waals surface area (Å²) in [6.45, 7) is 2.83. The van der Waals surface area contributed by atoms with Crippen molar-refractivity contribution in [3.63, 3.8) is 0 Å². The van der Waals surface area contributed by atoms with Crippen molar-refractivity contribution in [1.29, 1.82) is 0 Å². The molecule has 0 fully saturated rings. The molecule has 0 amide bonds. The largest absolute Gasteiger partial charge is 0.385 e. The van der Waals surface area contributed by atoms with Crippen molar-refractivity contribution in [1.82, 2.24) is 9.78 Å². The molecule has 1 unspecified atom stereocenters. The van der Waals surface area contributed by atoms with E-state index in [1.54, 1.807) is 12.3 Å². The zero-order chi connectivity index (χ0) is 13.5. The number of hydrogen-bond acceptors (Lipinski definition) is 2. The molecule has 1 aliphatic rings. The van der Waals surface area contributed by atoms with Gasteiger partial charge in [-0.2, -0.15) is 5.10 Å². The number of aromatic nitrogens is 2. The number of nitrogens with zero attached hydrogens (tertiary/aromatic N) is 2. The second kappa shape index (κ2) is 4.46. The lowest BCUT2D eigenvalue weighted by Crippen LogP contribution is -2.25. The predicted octanol–water partition coefficient (Wildman–Crippen LogP) is 2.42. The van der Waals surface area contributed by atoms with Gasteiger partial charge >= 0.3 is 0 Å². The van der Waals surface area contributed by atoms with E-state index < -0.39 is 5.60 Å². The lowest BCUT2D eigenvalue weighted by atomic mass is 9.90. The van der Waals surface area contributed by atoms with Crippen LogP contribution in [0, 0.1) is 5.82 Å². The Bertz CT molecular complexity index is 608. The summed E-state index contributed by atoms with van der Waals surface area (Å²) in [6, 6.07) is 4.95. The fourth-order valence-corrected chi connectivity index (χ4v) is 2.91. The summed E-state index contributed by atoms with van der Waals surface area (Å²) in [5.41, 5.74) is 1.42. The van der Waals surface area contributed by atoms with Crippen molar-refractivity contribution in [2.45, 2.75) is 38.3 Å². The molecule has 3 nitrogen and oxygen atoms in total. The number of halogens is 1. The van der Waals surface area contributed by atoms with Gasteiger partial charge < -0.3 is 5.11 Å².